The highest BCUT2D eigenvalue weighted by molar-refractivity contribution is 7.91. The maximum Gasteiger partial charge on any atom is 0.228 e. The fourth-order valence-electron chi connectivity index (χ4n) is 2.06. The van der Waals surface area contributed by atoms with Crippen LogP contribution in [0.2, 0.25) is 0 Å². The summed E-state index contributed by atoms with van der Waals surface area (Å²) in [7, 11) is -3.07. The average molecular weight is 281 g/mol. The Balaban J connectivity index is 2.07. The van der Waals surface area contributed by atoms with Gasteiger partial charge in [0.15, 0.2) is 15.6 Å². The van der Waals surface area contributed by atoms with E-state index in [-0.39, 0.29) is 23.2 Å². The van der Waals surface area contributed by atoms with Gasteiger partial charge < -0.3 is 5.32 Å². The number of ketones is 1. The van der Waals surface area contributed by atoms with Crippen molar-refractivity contribution >= 4 is 27.2 Å². The zero-order chi connectivity index (χ0) is 14.0. The highest BCUT2D eigenvalue weighted by Gasteiger charge is 2.32. The fraction of sp³-hybridized carbons (Fsp3) is 0.385. The average Bonchev–Trinajstić information content (AvgIpc) is 2.70. The number of hydrogen-bond donors (Lipinski definition) is 1. The second-order valence-corrected chi connectivity index (χ2v) is 6.95. The van der Waals surface area contributed by atoms with Crippen LogP contribution < -0.4 is 5.32 Å². The van der Waals surface area contributed by atoms with Gasteiger partial charge in [-0.2, -0.15) is 0 Å². The molecule has 0 aromatic heterocycles. The Kier molecular flexibility index (Phi) is 3.71. The van der Waals surface area contributed by atoms with E-state index < -0.39 is 15.8 Å². The molecule has 1 aliphatic rings. The van der Waals surface area contributed by atoms with Gasteiger partial charge in [0.25, 0.3) is 0 Å². The van der Waals surface area contributed by atoms with Gasteiger partial charge in [-0.25, -0.2) is 8.42 Å². The molecule has 5 nitrogen and oxygen atoms in total. The molecule has 1 amide bonds. The summed E-state index contributed by atoms with van der Waals surface area (Å²) in [6.45, 7) is 1.45. The second-order valence-electron chi connectivity index (χ2n) is 4.73. The smallest absolute Gasteiger partial charge is 0.228 e. The molecule has 102 valence electrons. The van der Waals surface area contributed by atoms with Crippen molar-refractivity contribution in [2.75, 3.05) is 16.8 Å². The van der Waals surface area contributed by atoms with Gasteiger partial charge in [0, 0.05) is 11.3 Å². The first-order chi connectivity index (χ1) is 8.87. The third kappa shape index (κ3) is 3.41. The van der Waals surface area contributed by atoms with Crippen LogP contribution in [-0.2, 0) is 14.6 Å². The van der Waals surface area contributed by atoms with Gasteiger partial charge in [-0.15, -0.1) is 0 Å². The maximum absolute atomic E-state index is 11.9. The lowest BCUT2D eigenvalue weighted by Crippen LogP contribution is -2.23. The summed E-state index contributed by atoms with van der Waals surface area (Å²) in [5.41, 5.74) is 1.03. The van der Waals surface area contributed by atoms with Crippen LogP contribution >= 0.6 is 0 Å². The zero-order valence-electron chi connectivity index (χ0n) is 10.5. The number of hydrogen-bond acceptors (Lipinski definition) is 4. The SMILES string of the molecule is CC(=O)c1cccc(NC(=O)[C@@H]2CCS(=O)(=O)C2)c1. The van der Waals surface area contributed by atoms with Crippen molar-refractivity contribution in [1.29, 1.82) is 0 Å². The molecule has 0 saturated carbocycles. The minimum Gasteiger partial charge on any atom is -0.326 e. The largest absolute Gasteiger partial charge is 0.326 e. The standard InChI is InChI=1S/C13H15NO4S/c1-9(15)10-3-2-4-12(7-10)14-13(16)11-5-6-19(17,18)8-11/h2-4,7,11H,5-6,8H2,1H3,(H,14,16)/t11-/m1/s1. The van der Waals surface area contributed by atoms with Crippen molar-refractivity contribution in [1.82, 2.24) is 0 Å². The Bertz CT molecular complexity index is 621. The summed E-state index contributed by atoms with van der Waals surface area (Å²) in [5, 5.41) is 2.66. The van der Waals surface area contributed by atoms with Crippen molar-refractivity contribution in [2.24, 2.45) is 5.92 Å². The van der Waals surface area contributed by atoms with E-state index in [9.17, 15) is 18.0 Å². The molecule has 6 heteroatoms. The number of Topliss-reactive ketones (excluding diaryl/α,β-unsaturated/α-hetero) is 1. The van der Waals surface area contributed by atoms with E-state index in [0.717, 1.165) is 0 Å². The molecule has 0 unspecified atom stereocenters. The number of carbonyl (C=O) groups excluding carboxylic acids is 2. The van der Waals surface area contributed by atoms with Crippen molar-refractivity contribution in [2.45, 2.75) is 13.3 Å². The molecule has 19 heavy (non-hydrogen) atoms. The maximum atomic E-state index is 11.9. The molecule has 0 aliphatic carbocycles. The molecular formula is C13H15NO4S. The molecule has 1 aromatic rings. The Morgan fingerprint density at radius 3 is 2.63 bits per heavy atom. The van der Waals surface area contributed by atoms with Crippen molar-refractivity contribution in [3.05, 3.63) is 29.8 Å². The zero-order valence-corrected chi connectivity index (χ0v) is 11.4. The molecular weight excluding hydrogens is 266 g/mol. The minimum absolute atomic E-state index is 0.0680. The predicted molar refractivity (Wildman–Crippen MR) is 71.8 cm³/mol. The van der Waals surface area contributed by atoms with Gasteiger partial charge in [0.1, 0.15) is 0 Å². The number of sulfone groups is 1. The summed E-state index contributed by atoms with van der Waals surface area (Å²) in [6, 6.07) is 6.60. The lowest BCUT2D eigenvalue weighted by atomic mass is 10.1. The molecule has 1 atom stereocenters. The van der Waals surface area contributed by atoms with Crippen LogP contribution in [0.3, 0.4) is 0 Å². The van der Waals surface area contributed by atoms with Gasteiger partial charge in [0.05, 0.1) is 17.4 Å². The third-order valence-corrected chi connectivity index (χ3v) is 4.91. The van der Waals surface area contributed by atoms with Crippen molar-refractivity contribution < 1.29 is 18.0 Å². The van der Waals surface area contributed by atoms with E-state index in [1.165, 1.54) is 6.92 Å². The van der Waals surface area contributed by atoms with Gasteiger partial charge in [-0.1, -0.05) is 12.1 Å². The lowest BCUT2D eigenvalue weighted by molar-refractivity contribution is -0.119. The van der Waals surface area contributed by atoms with Gasteiger partial charge in [-0.05, 0) is 25.5 Å². The number of carbonyl (C=O) groups is 2. The number of amides is 1. The lowest BCUT2D eigenvalue weighted by Gasteiger charge is -2.10. The van der Waals surface area contributed by atoms with E-state index in [4.69, 9.17) is 0 Å². The monoisotopic (exact) mass is 281 g/mol. The van der Waals surface area contributed by atoms with Crippen LogP contribution in [0.5, 0.6) is 0 Å². The van der Waals surface area contributed by atoms with Crippen molar-refractivity contribution in [3.8, 4) is 0 Å². The van der Waals surface area contributed by atoms with Crippen LogP contribution in [0.1, 0.15) is 23.7 Å². The molecule has 0 bridgehead atoms. The Hall–Kier alpha value is -1.69. The first-order valence-corrected chi connectivity index (χ1v) is 7.82. The van der Waals surface area contributed by atoms with Crippen LogP contribution in [0.25, 0.3) is 0 Å². The van der Waals surface area contributed by atoms with Crippen LogP contribution in [0.15, 0.2) is 24.3 Å². The number of benzene rings is 1. The Morgan fingerprint density at radius 2 is 2.05 bits per heavy atom. The summed E-state index contributed by atoms with van der Waals surface area (Å²) < 4.78 is 22.6. The quantitative estimate of drug-likeness (QED) is 0.846. The number of rotatable bonds is 3. The van der Waals surface area contributed by atoms with E-state index in [2.05, 4.69) is 5.32 Å². The van der Waals surface area contributed by atoms with Crippen LogP contribution in [0.4, 0.5) is 5.69 Å². The molecule has 1 N–H and O–H groups in total. The van der Waals surface area contributed by atoms with Gasteiger partial charge in [-0.3, -0.25) is 9.59 Å². The topological polar surface area (TPSA) is 80.3 Å². The van der Waals surface area contributed by atoms with E-state index in [1.54, 1.807) is 24.3 Å². The fourth-order valence-corrected chi connectivity index (χ4v) is 3.80. The molecule has 1 aliphatic heterocycles. The summed E-state index contributed by atoms with van der Waals surface area (Å²) in [5.74, 6) is -0.906. The molecule has 1 heterocycles. The molecule has 1 saturated heterocycles. The second kappa shape index (κ2) is 5.13. The minimum atomic E-state index is -3.07. The summed E-state index contributed by atoms with van der Waals surface area (Å²) >= 11 is 0. The first-order valence-electron chi connectivity index (χ1n) is 6.00. The number of nitrogens with one attached hydrogen (secondary N) is 1. The van der Waals surface area contributed by atoms with E-state index >= 15 is 0 Å². The normalized spacial score (nSPS) is 21.0. The Morgan fingerprint density at radius 1 is 1.32 bits per heavy atom. The van der Waals surface area contributed by atoms with Gasteiger partial charge in [0.2, 0.25) is 5.91 Å². The van der Waals surface area contributed by atoms with E-state index in [0.29, 0.717) is 17.7 Å². The van der Waals surface area contributed by atoms with Crippen molar-refractivity contribution in [3.63, 3.8) is 0 Å². The molecule has 2 rings (SSSR count). The number of anilines is 1. The predicted octanol–water partition coefficient (Wildman–Crippen LogP) is 1.26. The van der Waals surface area contributed by atoms with Crippen LogP contribution in [0, 0.1) is 5.92 Å². The molecule has 1 aromatic carbocycles. The highest BCUT2D eigenvalue weighted by Crippen LogP contribution is 2.20. The van der Waals surface area contributed by atoms with Crippen LogP contribution in [-0.4, -0.2) is 31.6 Å². The third-order valence-electron chi connectivity index (χ3n) is 3.14. The highest BCUT2D eigenvalue weighted by atomic mass is 32.2. The summed E-state index contributed by atoms with van der Waals surface area (Å²) in [4.78, 5) is 23.2. The first kappa shape index (κ1) is 13.7. The summed E-state index contributed by atoms with van der Waals surface area (Å²) in [6.07, 6.45) is 0.362. The van der Waals surface area contributed by atoms with Gasteiger partial charge >= 0.3 is 0 Å². The molecule has 0 radical (unpaired) electrons. The van der Waals surface area contributed by atoms with E-state index in [1.807, 2.05) is 0 Å². The molecule has 0 spiro atoms. The Labute approximate surface area is 111 Å². The molecule has 1 fully saturated rings.